The Hall–Kier alpha value is -0.120. The van der Waals surface area contributed by atoms with Crippen LogP contribution < -0.4 is 5.32 Å². The van der Waals surface area contributed by atoms with Crippen molar-refractivity contribution in [2.24, 2.45) is 5.92 Å². The second kappa shape index (κ2) is 7.94. The Morgan fingerprint density at radius 2 is 1.86 bits per heavy atom. The molecule has 1 saturated carbocycles. The molecule has 1 aliphatic carbocycles. The fraction of sp³-hybridized carbons (Fsp3) is 1.00. The van der Waals surface area contributed by atoms with Crippen LogP contribution in [0.5, 0.6) is 0 Å². The minimum absolute atomic E-state index is 0.320. The zero-order valence-corrected chi connectivity index (χ0v) is 14.8. The lowest BCUT2D eigenvalue weighted by Gasteiger charge is -2.47. The molecule has 0 amide bonds. The average molecular weight is 296 g/mol. The van der Waals surface area contributed by atoms with Crippen LogP contribution in [0.15, 0.2) is 0 Å². The normalized spacial score (nSPS) is 26.9. The molecule has 1 N–H and O–H groups in total. The molecule has 2 fully saturated rings. The fourth-order valence-corrected chi connectivity index (χ4v) is 4.02. The van der Waals surface area contributed by atoms with Gasteiger partial charge in [-0.05, 0) is 52.6 Å². The van der Waals surface area contributed by atoms with E-state index in [0.717, 1.165) is 5.92 Å². The summed E-state index contributed by atoms with van der Waals surface area (Å²) >= 11 is 0. The molecule has 124 valence electrons. The largest absolute Gasteiger partial charge is 0.312 e. The van der Waals surface area contributed by atoms with E-state index in [9.17, 15) is 0 Å². The van der Waals surface area contributed by atoms with Crippen molar-refractivity contribution in [2.45, 2.75) is 70.9 Å². The van der Waals surface area contributed by atoms with Crippen LogP contribution in [-0.2, 0) is 0 Å². The molecule has 3 heteroatoms. The van der Waals surface area contributed by atoms with E-state index in [-0.39, 0.29) is 0 Å². The second-order valence-corrected chi connectivity index (χ2v) is 7.93. The van der Waals surface area contributed by atoms with E-state index >= 15 is 0 Å². The topological polar surface area (TPSA) is 18.5 Å². The standard InChI is InChI=1S/C18H37N3/c1-5-11-19-17(16-9-7-6-8-10-16)14-21-13-12-20(4)18(2,3)15-21/h16-17,19H,5-15H2,1-4H3. The number of hydrogen-bond acceptors (Lipinski definition) is 3. The average Bonchev–Trinajstić information content (AvgIpc) is 2.48. The smallest absolute Gasteiger partial charge is 0.0277 e. The predicted molar refractivity (Wildman–Crippen MR) is 91.8 cm³/mol. The molecule has 0 aromatic carbocycles. The van der Waals surface area contributed by atoms with E-state index in [1.54, 1.807) is 0 Å². The van der Waals surface area contributed by atoms with Crippen molar-refractivity contribution < 1.29 is 0 Å². The quantitative estimate of drug-likeness (QED) is 0.813. The van der Waals surface area contributed by atoms with Gasteiger partial charge in [0, 0.05) is 37.8 Å². The molecule has 1 atom stereocenters. The van der Waals surface area contributed by atoms with Crippen molar-refractivity contribution >= 4 is 0 Å². The van der Waals surface area contributed by atoms with Crippen LogP contribution in [0, 0.1) is 5.92 Å². The third kappa shape index (κ3) is 4.94. The fourth-order valence-electron chi connectivity index (χ4n) is 4.02. The molecule has 0 aromatic rings. The summed E-state index contributed by atoms with van der Waals surface area (Å²) in [5.74, 6) is 0.910. The first-order valence-electron chi connectivity index (χ1n) is 9.20. The summed E-state index contributed by atoms with van der Waals surface area (Å²) in [4.78, 5) is 5.22. The SMILES string of the molecule is CCCNC(CN1CCN(C)C(C)(C)C1)C1CCCCC1. The zero-order chi connectivity index (χ0) is 15.3. The van der Waals surface area contributed by atoms with E-state index in [1.165, 1.54) is 71.2 Å². The summed E-state index contributed by atoms with van der Waals surface area (Å²) in [6.07, 6.45) is 8.49. The molecule has 2 rings (SSSR count). The molecule has 3 nitrogen and oxygen atoms in total. The summed E-state index contributed by atoms with van der Waals surface area (Å²) in [5, 5.41) is 3.87. The Kier molecular flexibility index (Phi) is 6.51. The highest BCUT2D eigenvalue weighted by Gasteiger charge is 2.33. The summed E-state index contributed by atoms with van der Waals surface area (Å²) in [6, 6.07) is 0.712. The van der Waals surface area contributed by atoms with Gasteiger partial charge >= 0.3 is 0 Å². The van der Waals surface area contributed by atoms with Crippen LogP contribution >= 0.6 is 0 Å². The highest BCUT2D eigenvalue weighted by atomic mass is 15.3. The summed E-state index contributed by atoms with van der Waals surface area (Å²) in [7, 11) is 2.27. The first kappa shape index (κ1) is 17.2. The van der Waals surface area contributed by atoms with Gasteiger partial charge in [-0.3, -0.25) is 9.80 Å². The van der Waals surface area contributed by atoms with Crippen molar-refractivity contribution in [1.82, 2.24) is 15.1 Å². The van der Waals surface area contributed by atoms with Crippen molar-refractivity contribution in [1.29, 1.82) is 0 Å². The van der Waals surface area contributed by atoms with E-state index < -0.39 is 0 Å². The molecule has 0 aromatic heterocycles. The minimum Gasteiger partial charge on any atom is -0.312 e. The van der Waals surface area contributed by atoms with Gasteiger partial charge in [0.2, 0.25) is 0 Å². The minimum atomic E-state index is 0.320. The van der Waals surface area contributed by atoms with Gasteiger partial charge in [0.1, 0.15) is 0 Å². The summed E-state index contributed by atoms with van der Waals surface area (Å²) in [5.41, 5.74) is 0.320. The second-order valence-electron chi connectivity index (χ2n) is 7.93. The van der Waals surface area contributed by atoms with Crippen LogP contribution in [0.1, 0.15) is 59.3 Å². The van der Waals surface area contributed by atoms with Gasteiger partial charge in [-0.25, -0.2) is 0 Å². The maximum Gasteiger partial charge on any atom is 0.0277 e. The van der Waals surface area contributed by atoms with E-state index in [4.69, 9.17) is 0 Å². The number of rotatable bonds is 6. The Balaban J connectivity index is 1.91. The Bertz CT molecular complexity index is 297. The third-order valence-electron chi connectivity index (χ3n) is 5.73. The third-order valence-corrected chi connectivity index (χ3v) is 5.73. The van der Waals surface area contributed by atoms with Crippen LogP contribution in [0.4, 0.5) is 0 Å². The molecule has 0 bridgehead atoms. The van der Waals surface area contributed by atoms with Crippen LogP contribution in [0.25, 0.3) is 0 Å². The van der Waals surface area contributed by atoms with Gasteiger partial charge in [-0.2, -0.15) is 0 Å². The lowest BCUT2D eigenvalue weighted by Crippen LogP contribution is -2.60. The Morgan fingerprint density at radius 3 is 2.48 bits per heavy atom. The molecule has 0 spiro atoms. The molecule has 1 unspecified atom stereocenters. The van der Waals surface area contributed by atoms with E-state index in [2.05, 4.69) is 42.9 Å². The molecule has 1 aliphatic heterocycles. The number of piperazine rings is 1. The van der Waals surface area contributed by atoms with E-state index in [0.29, 0.717) is 11.6 Å². The number of likely N-dealkylation sites (N-methyl/N-ethyl adjacent to an activating group) is 1. The lowest BCUT2D eigenvalue weighted by molar-refractivity contribution is 0.0297. The molecule has 1 heterocycles. The summed E-state index contributed by atoms with van der Waals surface area (Å²) < 4.78 is 0. The monoisotopic (exact) mass is 295 g/mol. The highest BCUT2D eigenvalue weighted by Crippen LogP contribution is 2.28. The van der Waals surface area contributed by atoms with Gasteiger partial charge < -0.3 is 5.32 Å². The zero-order valence-electron chi connectivity index (χ0n) is 14.8. The van der Waals surface area contributed by atoms with Gasteiger partial charge in [-0.15, -0.1) is 0 Å². The van der Waals surface area contributed by atoms with Crippen LogP contribution in [-0.4, -0.2) is 61.2 Å². The maximum absolute atomic E-state index is 3.87. The number of nitrogens with zero attached hydrogens (tertiary/aromatic N) is 2. The Morgan fingerprint density at radius 1 is 1.14 bits per heavy atom. The Labute approximate surface area is 132 Å². The van der Waals surface area contributed by atoms with Crippen molar-refractivity contribution in [2.75, 3.05) is 39.8 Å². The van der Waals surface area contributed by atoms with Crippen LogP contribution in [0.2, 0.25) is 0 Å². The molecule has 2 aliphatic rings. The molecule has 1 saturated heterocycles. The first-order valence-corrected chi connectivity index (χ1v) is 9.20. The number of nitrogens with one attached hydrogen (secondary N) is 1. The maximum atomic E-state index is 3.87. The van der Waals surface area contributed by atoms with Crippen molar-refractivity contribution in [3.8, 4) is 0 Å². The molecular formula is C18H37N3. The molecule has 0 radical (unpaired) electrons. The molecular weight excluding hydrogens is 258 g/mol. The van der Waals surface area contributed by atoms with Crippen LogP contribution in [0.3, 0.4) is 0 Å². The first-order chi connectivity index (χ1) is 10.0. The predicted octanol–water partition coefficient (Wildman–Crippen LogP) is 2.96. The van der Waals surface area contributed by atoms with E-state index in [1.807, 2.05) is 0 Å². The number of hydrogen-bond donors (Lipinski definition) is 1. The highest BCUT2D eigenvalue weighted by molar-refractivity contribution is 4.91. The van der Waals surface area contributed by atoms with Gasteiger partial charge in [-0.1, -0.05) is 26.2 Å². The van der Waals surface area contributed by atoms with Crippen molar-refractivity contribution in [3.05, 3.63) is 0 Å². The molecule has 21 heavy (non-hydrogen) atoms. The van der Waals surface area contributed by atoms with Gasteiger partial charge in [0.15, 0.2) is 0 Å². The van der Waals surface area contributed by atoms with Crippen molar-refractivity contribution in [3.63, 3.8) is 0 Å². The summed E-state index contributed by atoms with van der Waals surface area (Å²) in [6.45, 7) is 13.1. The lowest BCUT2D eigenvalue weighted by atomic mass is 9.83. The van der Waals surface area contributed by atoms with Gasteiger partial charge in [0.25, 0.3) is 0 Å². The van der Waals surface area contributed by atoms with Gasteiger partial charge in [0.05, 0.1) is 0 Å².